The van der Waals surface area contributed by atoms with Crippen molar-refractivity contribution in [1.82, 2.24) is 4.90 Å². The van der Waals surface area contributed by atoms with Crippen molar-refractivity contribution in [2.75, 3.05) is 19.6 Å². The third-order valence-electron chi connectivity index (χ3n) is 3.74. The van der Waals surface area contributed by atoms with Crippen LogP contribution in [0.15, 0.2) is 0 Å². The summed E-state index contributed by atoms with van der Waals surface area (Å²) >= 11 is 0. The lowest BCUT2D eigenvalue weighted by molar-refractivity contribution is -0.164. The van der Waals surface area contributed by atoms with Gasteiger partial charge >= 0.3 is 6.18 Å². The van der Waals surface area contributed by atoms with Crippen molar-refractivity contribution in [3.63, 3.8) is 0 Å². The molecule has 2 atom stereocenters. The maximum absolute atomic E-state index is 12.5. The molecule has 1 fully saturated rings. The van der Waals surface area contributed by atoms with E-state index in [1.807, 2.05) is 6.92 Å². The number of halogens is 3. The van der Waals surface area contributed by atoms with E-state index in [0.29, 0.717) is 19.4 Å². The fourth-order valence-electron chi connectivity index (χ4n) is 2.71. The van der Waals surface area contributed by atoms with E-state index in [4.69, 9.17) is 5.73 Å². The molecule has 0 saturated heterocycles. The quantitative estimate of drug-likeness (QED) is 0.812. The Balaban J connectivity index is 2.69. The van der Waals surface area contributed by atoms with E-state index in [1.165, 1.54) is 0 Å². The number of carbonyl (C=O) groups is 1. The van der Waals surface area contributed by atoms with Crippen LogP contribution in [0.3, 0.4) is 0 Å². The Labute approximate surface area is 112 Å². The first-order valence-corrected chi connectivity index (χ1v) is 6.94. The zero-order chi connectivity index (χ0) is 14.5. The number of rotatable bonds is 6. The Hall–Kier alpha value is -0.780. The van der Waals surface area contributed by atoms with E-state index in [2.05, 4.69) is 0 Å². The first kappa shape index (κ1) is 16.3. The second-order valence-corrected chi connectivity index (χ2v) is 5.26. The lowest BCUT2D eigenvalue weighted by atomic mass is 9.94. The van der Waals surface area contributed by atoms with Crippen molar-refractivity contribution in [2.24, 2.45) is 17.6 Å². The van der Waals surface area contributed by atoms with Crippen molar-refractivity contribution in [1.29, 1.82) is 0 Å². The molecule has 0 aromatic rings. The topological polar surface area (TPSA) is 46.3 Å². The number of nitrogens with zero attached hydrogens (tertiary/aromatic N) is 1. The summed E-state index contributed by atoms with van der Waals surface area (Å²) < 4.78 is 37.6. The zero-order valence-electron chi connectivity index (χ0n) is 11.4. The second-order valence-electron chi connectivity index (χ2n) is 5.26. The second kappa shape index (κ2) is 7.12. The van der Waals surface area contributed by atoms with Crippen LogP contribution in [0.4, 0.5) is 13.2 Å². The molecular weight excluding hydrogens is 257 g/mol. The average Bonchev–Trinajstić information content (AvgIpc) is 2.80. The average molecular weight is 280 g/mol. The first-order chi connectivity index (χ1) is 8.89. The van der Waals surface area contributed by atoms with E-state index in [0.717, 1.165) is 24.2 Å². The van der Waals surface area contributed by atoms with Crippen LogP contribution in [0, 0.1) is 11.8 Å². The Morgan fingerprint density at radius 2 is 2.05 bits per heavy atom. The number of hydrogen-bond donors (Lipinski definition) is 1. The summed E-state index contributed by atoms with van der Waals surface area (Å²) in [7, 11) is 0. The minimum atomic E-state index is -4.33. The number of amides is 1. The van der Waals surface area contributed by atoms with Gasteiger partial charge in [0.05, 0.1) is 0 Å². The van der Waals surface area contributed by atoms with Gasteiger partial charge in [-0.25, -0.2) is 0 Å². The minimum Gasteiger partial charge on any atom is -0.333 e. The third-order valence-corrected chi connectivity index (χ3v) is 3.74. The van der Waals surface area contributed by atoms with Crippen LogP contribution in [0.25, 0.3) is 0 Å². The Bertz CT molecular complexity index is 294. The van der Waals surface area contributed by atoms with Gasteiger partial charge in [-0.05, 0) is 31.7 Å². The van der Waals surface area contributed by atoms with Crippen LogP contribution in [0.2, 0.25) is 0 Å². The van der Waals surface area contributed by atoms with Gasteiger partial charge < -0.3 is 10.6 Å². The van der Waals surface area contributed by atoms with Gasteiger partial charge in [-0.15, -0.1) is 0 Å². The lowest BCUT2D eigenvalue weighted by Gasteiger charge is -2.28. The number of alkyl halides is 3. The SMILES string of the molecule is CCCCN(CC(F)(F)F)C(=O)C1CCCC1CN. The van der Waals surface area contributed by atoms with Gasteiger partial charge in [-0.1, -0.05) is 19.8 Å². The molecule has 1 saturated carbocycles. The van der Waals surface area contributed by atoms with Crippen LogP contribution < -0.4 is 5.73 Å². The summed E-state index contributed by atoms with van der Waals surface area (Å²) in [6, 6.07) is 0. The van der Waals surface area contributed by atoms with E-state index in [1.54, 1.807) is 0 Å². The molecule has 0 bridgehead atoms. The molecule has 1 rings (SSSR count). The summed E-state index contributed by atoms with van der Waals surface area (Å²) in [5, 5.41) is 0. The predicted molar refractivity (Wildman–Crippen MR) is 67.4 cm³/mol. The fourth-order valence-corrected chi connectivity index (χ4v) is 2.71. The van der Waals surface area contributed by atoms with E-state index < -0.39 is 12.7 Å². The normalized spacial score (nSPS) is 23.6. The molecule has 1 aliphatic rings. The van der Waals surface area contributed by atoms with Crippen molar-refractivity contribution in [2.45, 2.75) is 45.2 Å². The molecule has 112 valence electrons. The Morgan fingerprint density at radius 1 is 1.37 bits per heavy atom. The smallest absolute Gasteiger partial charge is 0.333 e. The summed E-state index contributed by atoms with van der Waals surface area (Å²) in [5.41, 5.74) is 5.60. The Morgan fingerprint density at radius 3 is 2.58 bits per heavy atom. The van der Waals surface area contributed by atoms with Crippen LogP contribution in [0.5, 0.6) is 0 Å². The highest BCUT2D eigenvalue weighted by molar-refractivity contribution is 5.79. The summed E-state index contributed by atoms with van der Waals surface area (Å²) in [6.45, 7) is 1.32. The minimum absolute atomic E-state index is 0.0462. The van der Waals surface area contributed by atoms with Gasteiger partial charge in [0.15, 0.2) is 0 Å². The maximum atomic E-state index is 12.5. The van der Waals surface area contributed by atoms with E-state index in [9.17, 15) is 18.0 Å². The zero-order valence-corrected chi connectivity index (χ0v) is 11.4. The van der Waals surface area contributed by atoms with Gasteiger partial charge in [0.2, 0.25) is 5.91 Å². The van der Waals surface area contributed by atoms with E-state index >= 15 is 0 Å². The van der Waals surface area contributed by atoms with Gasteiger partial charge in [0, 0.05) is 12.5 Å². The van der Waals surface area contributed by atoms with Gasteiger partial charge in [-0.3, -0.25) is 4.79 Å². The molecule has 1 aliphatic carbocycles. The molecule has 0 heterocycles. The highest BCUT2D eigenvalue weighted by atomic mass is 19.4. The molecule has 19 heavy (non-hydrogen) atoms. The molecule has 2 unspecified atom stereocenters. The molecule has 0 aromatic heterocycles. The summed E-state index contributed by atoms with van der Waals surface area (Å²) in [6.07, 6.45) is -0.567. The molecule has 0 aromatic carbocycles. The summed E-state index contributed by atoms with van der Waals surface area (Å²) in [4.78, 5) is 13.2. The third kappa shape index (κ3) is 5.01. The van der Waals surface area contributed by atoms with Gasteiger partial charge in [0.25, 0.3) is 0 Å². The van der Waals surface area contributed by atoms with Crippen molar-refractivity contribution in [3.05, 3.63) is 0 Å². The molecule has 0 radical (unpaired) electrons. The monoisotopic (exact) mass is 280 g/mol. The van der Waals surface area contributed by atoms with Gasteiger partial charge in [-0.2, -0.15) is 13.2 Å². The number of nitrogens with two attached hydrogens (primary N) is 1. The highest BCUT2D eigenvalue weighted by Crippen LogP contribution is 2.33. The molecule has 2 N–H and O–H groups in total. The standard InChI is InChI=1S/C13H23F3N2O/c1-2-3-7-18(9-13(14,15)16)12(19)11-6-4-5-10(11)8-17/h10-11H,2-9,17H2,1H3. The fraction of sp³-hybridized carbons (Fsp3) is 0.923. The predicted octanol–water partition coefficient (Wildman–Crippen LogP) is 2.55. The molecule has 1 amide bonds. The first-order valence-electron chi connectivity index (χ1n) is 6.94. The maximum Gasteiger partial charge on any atom is 0.406 e. The van der Waals surface area contributed by atoms with Gasteiger partial charge in [0.1, 0.15) is 6.54 Å². The largest absolute Gasteiger partial charge is 0.406 e. The van der Waals surface area contributed by atoms with Crippen molar-refractivity contribution >= 4 is 5.91 Å². The molecule has 0 aliphatic heterocycles. The number of hydrogen-bond acceptors (Lipinski definition) is 2. The van der Waals surface area contributed by atoms with Crippen LogP contribution >= 0.6 is 0 Å². The molecule has 0 spiro atoms. The molecular formula is C13H23F3N2O. The van der Waals surface area contributed by atoms with Crippen molar-refractivity contribution < 1.29 is 18.0 Å². The van der Waals surface area contributed by atoms with Crippen LogP contribution in [-0.2, 0) is 4.79 Å². The number of carbonyl (C=O) groups excluding carboxylic acids is 1. The van der Waals surface area contributed by atoms with Crippen molar-refractivity contribution in [3.8, 4) is 0 Å². The Kier molecular flexibility index (Phi) is 6.10. The van der Waals surface area contributed by atoms with Crippen LogP contribution in [-0.4, -0.2) is 36.6 Å². The van der Waals surface area contributed by atoms with Crippen LogP contribution in [0.1, 0.15) is 39.0 Å². The summed E-state index contributed by atoms with van der Waals surface area (Å²) in [5.74, 6) is -0.632. The molecule has 3 nitrogen and oxygen atoms in total. The number of unbranched alkanes of at least 4 members (excludes halogenated alkanes) is 1. The van der Waals surface area contributed by atoms with E-state index in [-0.39, 0.29) is 24.3 Å². The highest BCUT2D eigenvalue weighted by Gasteiger charge is 2.38. The molecule has 6 heteroatoms. The lowest BCUT2D eigenvalue weighted by Crippen LogP contribution is -2.44.